The Kier molecular flexibility index (Phi) is 6.09. The monoisotopic (exact) mass is 327 g/mol. The SMILES string of the molecule is COC(=O)C(C(C)NC(=O)c1ccccc1)C(O)c1ccccc1. The highest BCUT2D eigenvalue weighted by molar-refractivity contribution is 5.94. The number of hydrogen-bond acceptors (Lipinski definition) is 4. The fraction of sp³-hybridized carbons (Fsp3) is 0.263. The van der Waals surface area contributed by atoms with E-state index >= 15 is 0 Å². The molecule has 126 valence electrons. The Hall–Kier alpha value is -2.66. The van der Waals surface area contributed by atoms with Gasteiger partial charge < -0.3 is 15.2 Å². The number of benzene rings is 2. The fourth-order valence-corrected chi connectivity index (χ4v) is 2.57. The summed E-state index contributed by atoms with van der Waals surface area (Å²) in [5, 5.41) is 13.3. The van der Waals surface area contributed by atoms with Gasteiger partial charge in [-0.25, -0.2) is 0 Å². The zero-order valence-corrected chi connectivity index (χ0v) is 13.7. The van der Waals surface area contributed by atoms with Crippen LogP contribution in [0, 0.1) is 5.92 Å². The number of aliphatic hydroxyl groups excluding tert-OH is 1. The number of carbonyl (C=O) groups is 2. The molecule has 0 saturated heterocycles. The first kappa shape index (κ1) is 17.7. The van der Waals surface area contributed by atoms with Crippen LogP contribution in [0.5, 0.6) is 0 Å². The van der Waals surface area contributed by atoms with Gasteiger partial charge in [0.1, 0.15) is 5.92 Å². The molecule has 3 unspecified atom stereocenters. The van der Waals surface area contributed by atoms with E-state index in [1.165, 1.54) is 7.11 Å². The van der Waals surface area contributed by atoms with Gasteiger partial charge in [0.2, 0.25) is 0 Å². The zero-order valence-electron chi connectivity index (χ0n) is 13.7. The van der Waals surface area contributed by atoms with E-state index in [-0.39, 0.29) is 5.91 Å². The molecule has 0 saturated carbocycles. The van der Waals surface area contributed by atoms with E-state index in [2.05, 4.69) is 5.32 Å². The third-order valence-corrected chi connectivity index (χ3v) is 3.89. The third-order valence-electron chi connectivity index (χ3n) is 3.89. The first-order chi connectivity index (χ1) is 11.5. The van der Waals surface area contributed by atoms with Gasteiger partial charge in [-0.1, -0.05) is 48.5 Å². The summed E-state index contributed by atoms with van der Waals surface area (Å²) in [7, 11) is 1.26. The Balaban J connectivity index is 2.18. The van der Waals surface area contributed by atoms with Crippen LogP contribution < -0.4 is 5.32 Å². The van der Waals surface area contributed by atoms with Crippen molar-refractivity contribution in [3.8, 4) is 0 Å². The second-order valence-electron chi connectivity index (χ2n) is 5.53. The zero-order chi connectivity index (χ0) is 17.5. The van der Waals surface area contributed by atoms with Gasteiger partial charge in [-0.2, -0.15) is 0 Å². The molecule has 5 heteroatoms. The number of amides is 1. The smallest absolute Gasteiger partial charge is 0.313 e. The van der Waals surface area contributed by atoms with Gasteiger partial charge in [0.05, 0.1) is 13.2 Å². The predicted molar refractivity (Wildman–Crippen MR) is 90.3 cm³/mol. The molecule has 3 atom stereocenters. The minimum absolute atomic E-state index is 0.308. The first-order valence-corrected chi connectivity index (χ1v) is 7.71. The topological polar surface area (TPSA) is 75.6 Å². The average Bonchev–Trinajstić information content (AvgIpc) is 2.63. The maximum atomic E-state index is 12.3. The molecule has 0 bridgehead atoms. The maximum absolute atomic E-state index is 12.3. The van der Waals surface area contributed by atoms with Crippen LogP contribution >= 0.6 is 0 Å². The van der Waals surface area contributed by atoms with Gasteiger partial charge in [0.25, 0.3) is 5.91 Å². The van der Waals surface area contributed by atoms with Crippen LogP contribution in [0.2, 0.25) is 0 Å². The second kappa shape index (κ2) is 8.26. The first-order valence-electron chi connectivity index (χ1n) is 7.71. The molecule has 1 amide bonds. The van der Waals surface area contributed by atoms with Crippen molar-refractivity contribution in [1.29, 1.82) is 0 Å². The van der Waals surface area contributed by atoms with E-state index < -0.39 is 24.0 Å². The molecule has 0 aliphatic carbocycles. The fourth-order valence-electron chi connectivity index (χ4n) is 2.57. The summed E-state index contributed by atoms with van der Waals surface area (Å²) in [6.45, 7) is 1.68. The summed E-state index contributed by atoms with van der Waals surface area (Å²) >= 11 is 0. The number of rotatable bonds is 6. The van der Waals surface area contributed by atoms with Crippen molar-refractivity contribution in [3.05, 3.63) is 71.8 Å². The van der Waals surface area contributed by atoms with Crippen LogP contribution in [0.15, 0.2) is 60.7 Å². The van der Waals surface area contributed by atoms with Crippen molar-refractivity contribution in [2.75, 3.05) is 7.11 Å². The molecule has 0 spiro atoms. The van der Waals surface area contributed by atoms with E-state index in [1.54, 1.807) is 55.5 Å². The lowest BCUT2D eigenvalue weighted by Crippen LogP contribution is -2.44. The van der Waals surface area contributed by atoms with E-state index in [1.807, 2.05) is 12.1 Å². The molecule has 5 nitrogen and oxygen atoms in total. The molecule has 0 aliphatic rings. The highest BCUT2D eigenvalue weighted by Gasteiger charge is 2.35. The Labute approximate surface area is 141 Å². The summed E-state index contributed by atoms with van der Waals surface area (Å²) < 4.78 is 4.81. The van der Waals surface area contributed by atoms with Crippen molar-refractivity contribution in [2.45, 2.75) is 19.1 Å². The standard InChI is InChI=1S/C19H21NO4/c1-13(20-18(22)15-11-7-4-8-12-15)16(19(23)24-2)17(21)14-9-5-3-6-10-14/h3-13,16-17,21H,1-2H3,(H,20,22). The number of nitrogens with one attached hydrogen (secondary N) is 1. The van der Waals surface area contributed by atoms with Crippen LogP contribution in [0.25, 0.3) is 0 Å². The highest BCUT2D eigenvalue weighted by atomic mass is 16.5. The minimum Gasteiger partial charge on any atom is -0.469 e. The van der Waals surface area contributed by atoms with E-state index in [9.17, 15) is 14.7 Å². The second-order valence-corrected chi connectivity index (χ2v) is 5.53. The molecule has 0 aromatic heterocycles. The van der Waals surface area contributed by atoms with Crippen molar-refractivity contribution >= 4 is 11.9 Å². The minimum atomic E-state index is -1.08. The highest BCUT2D eigenvalue weighted by Crippen LogP contribution is 2.26. The molecular weight excluding hydrogens is 306 g/mol. The van der Waals surface area contributed by atoms with Crippen molar-refractivity contribution < 1.29 is 19.4 Å². The molecule has 0 fully saturated rings. The van der Waals surface area contributed by atoms with Gasteiger partial charge in [-0.3, -0.25) is 9.59 Å². The van der Waals surface area contributed by atoms with Crippen molar-refractivity contribution in [1.82, 2.24) is 5.32 Å². The molecule has 0 aliphatic heterocycles. The molecular formula is C19H21NO4. The van der Waals surface area contributed by atoms with E-state index in [0.29, 0.717) is 11.1 Å². The quantitative estimate of drug-likeness (QED) is 0.799. The average molecular weight is 327 g/mol. The van der Waals surface area contributed by atoms with Crippen molar-refractivity contribution in [2.24, 2.45) is 5.92 Å². The third kappa shape index (κ3) is 4.20. The molecule has 2 aromatic rings. The van der Waals surface area contributed by atoms with E-state index in [0.717, 1.165) is 0 Å². The van der Waals surface area contributed by atoms with E-state index in [4.69, 9.17) is 4.74 Å². The molecule has 24 heavy (non-hydrogen) atoms. The largest absolute Gasteiger partial charge is 0.469 e. The number of hydrogen-bond donors (Lipinski definition) is 2. The molecule has 0 heterocycles. The van der Waals surface area contributed by atoms with Crippen LogP contribution in [0.1, 0.15) is 28.9 Å². The summed E-state index contributed by atoms with van der Waals surface area (Å²) in [6, 6.07) is 16.9. The number of ether oxygens (including phenoxy) is 1. The Morgan fingerprint density at radius 1 is 1.00 bits per heavy atom. The number of esters is 1. The Morgan fingerprint density at radius 3 is 2.08 bits per heavy atom. The van der Waals surface area contributed by atoms with Crippen LogP contribution in [-0.4, -0.2) is 30.1 Å². The summed E-state index contributed by atoms with van der Waals surface area (Å²) in [5.74, 6) is -1.80. The van der Waals surface area contributed by atoms with Gasteiger partial charge in [-0.15, -0.1) is 0 Å². The Morgan fingerprint density at radius 2 is 1.54 bits per heavy atom. The van der Waals surface area contributed by atoms with Crippen molar-refractivity contribution in [3.63, 3.8) is 0 Å². The number of aliphatic hydroxyl groups is 1. The lowest BCUT2D eigenvalue weighted by atomic mass is 9.89. The van der Waals surface area contributed by atoms with Crippen LogP contribution in [0.4, 0.5) is 0 Å². The normalized spacial score (nSPS) is 14.3. The number of carbonyl (C=O) groups excluding carboxylic acids is 2. The molecule has 2 N–H and O–H groups in total. The predicted octanol–water partition coefficient (Wildman–Crippen LogP) is 2.33. The summed E-state index contributed by atoms with van der Waals surface area (Å²) in [6.07, 6.45) is -1.08. The lowest BCUT2D eigenvalue weighted by Gasteiger charge is -2.27. The number of methoxy groups -OCH3 is 1. The molecule has 2 aromatic carbocycles. The maximum Gasteiger partial charge on any atom is 0.313 e. The lowest BCUT2D eigenvalue weighted by molar-refractivity contribution is -0.150. The molecule has 0 radical (unpaired) electrons. The van der Waals surface area contributed by atoms with Gasteiger partial charge in [0.15, 0.2) is 0 Å². The van der Waals surface area contributed by atoms with Gasteiger partial charge in [0, 0.05) is 11.6 Å². The molecule has 2 rings (SSSR count). The van der Waals surface area contributed by atoms with Gasteiger partial charge in [-0.05, 0) is 24.6 Å². The Bertz CT molecular complexity index is 672. The summed E-state index contributed by atoms with van der Waals surface area (Å²) in [5.41, 5.74) is 1.08. The summed E-state index contributed by atoms with van der Waals surface area (Å²) in [4.78, 5) is 24.4. The van der Waals surface area contributed by atoms with Crippen LogP contribution in [0.3, 0.4) is 0 Å². The van der Waals surface area contributed by atoms with Crippen LogP contribution in [-0.2, 0) is 9.53 Å². The van der Waals surface area contributed by atoms with Gasteiger partial charge >= 0.3 is 5.97 Å².